The third-order valence-corrected chi connectivity index (χ3v) is 3.78. The minimum Gasteiger partial charge on any atom is -0.452 e. The maximum atomic E-state index is 12.1. The van der Waals surface area contributed by atoms with E-state index in [0.717, 1.165) is 5.69 Å². The van der Waals surface area contributed by atoms with Crippen LogP contribution in [0.3, 0.4) is 0 Å². The lowest BCUT2D eigenvalue weighted by molar-refractivity contribution is -0.138. The zero-order valence-electron chi connectivity index (χ0n) is 15.0. The zero-order valence-corrected chi connectivity index (χ0v) is 15.0. The number of rotatable bonds is 8. The molecule has 2 amide bonds. The molecule has 1 N–H and O–H groups in total. The van der Waals surface area contributed by atoms with Crippen LogP contribution in [0.15, 0.2) is 48.8 Å². The molecule has 0 spiro atoms. The Morgan fingerprint density at radius 3 is 2.31 bits per heavy atom. The number of ether oxygens (including phenoxy) is 1. The van der Waals surface area contributed by atoms with E-state index in [1.165, 1.54) is 4.90 Å². The molecule has 7 nitrogen and oxygen atoms in total. The van der Waals surface area contributed by atoms with Crippen molar-refractivity contribution in [3.05, 3.63) is 54.4 Å². The smallest absolute Gasteiger partial charge is 0.338 e. The summed E-state index contributed by atoms with van der Waals surface area (Å²) in [4.78, 5) is 37.2. The summed E-state index contributed by atoms with van der Waals surface area (Å²) in [5.74, 6) is -1.22. The van der Waals surface area contributed by atoms with Crippen molar-refractivity contribution in [2.45, 2.75) is 13.8 Å². The molecule has 7 heteroatoms. The molecule has 0 saturated heterocycles. The van der Waals surface area contributed by atoms with Gasteiger partial charge in [-0.3, -0.25) is 9.59 Å². The molecule has 0 aliphatic carbocycles. The van der Waals surface area contributed by atoms with Crippen LogP contribution < -0.4 is 5.32 Å². The van der Waals surface area contributed by atoms with E-state index in [2.05, 4.69) is 5.32 Å². The van der Waals surface area contributed by atoms with Crippen LogP contribution in [0, 0.1) is 0 Å². The topological polar surface area (TPSA) is 80.6 Å². The van der Waals surface area contributed by atoms with Crippen LogP contribution in [0.5, 0.6) is 0 Å². The van der Waals surface area contributed by atoms with E-state index in [4.69, 9.17) is 4.74 Å². The number of hydrogen-bond donors (Lipinski definition) is 1. The normalized spacial score (nSPS) is 10.2. The van der Waals surface area contributed by atoms with Crippen molar-refractivity contribution in [2.24, 2.45) is 0 Å². The maximum Gasteiger partial charge on any atom is 0.338 e. The second-order valence-electron chi connectivity index (χ2n) is 5.57. The Bertz CT molecular complexity index is 739. The molecule has 1 aromatic heterocycles. The predicted octanol–water partition coefficient (Wildman–Crippen LogP) is 1.62. The summed E-state index contributed by atoms with van der Waals surface area (Å²) in [6.07, 6.45) is 3.81. The first-order valence-corrected chi connectivity index (χ1v) is 8.50. The fourth-order valence-corrected chi connectivity index (χ4v) is 2.38. The molecule has 0 saturated carbocycles. The highest BCUT2D eigenvalue weighted by atomic mass is 16.5. The Hall–Kier alpha value is -3.09. The van der Waals surface area contributed by atoms with Crippen molar-refractivity contribution >= 4 is 17.8 Å². The fraction of sp³-hybridized carbons (Fsp3) is 0.316. The Kier molecular flexibility index (Phi) is 6.96. The van der Waals surface area contributed by atoms with Crippen molar-refractivity contribution in [3.63, 3.8) is 0 Å². The SMILES string of the molecule is CCNC(=O)CN(CC)C(=O)COC(=O)c1ccc(-n2cccc2)cc1. The Balaban J connectivity index is 1.88. The molecule has 2 rings (SSSR count). The molecule has 0 bridgehead atoms. The minimum absolute atomic E-state index is 0.0493. The van der Waals surface area contributed by atoms with E-state index in [0.29, 0.717) is 18.7 Å². The summed E-state index contributed by atoms with van der Waals surface area (Å²) in [6.45, 7) is 3.98. The maximum absolute atomic E-state index is 12.1. The molecule has 0 unspecified atom stereocenters. The number of nitrogens with zero attached hydrogens (tertiary/aromatic N) is 2. The van der Waals surface area contributed by atoms with E-state index < -0.39 is 18.5 Å². The monoisotopic (exact) mass is 357 g/mol. The van der Waals surface area contributed by atoms with E-state index in [1.807, 2.05) is 29.1 Å². The molecule has 0 fully saturated rings. The van der Waals surface area contributed by atoms with Gasteiger partial charge in [0.15, 0.2) is 6.61 Å². The van der Waals surface area contributed by atoms with Gasteiger partial charge in [0.2, 0.25) is 5.91 Å². The van der Waals surface area contributed by atoms with Gasteiger partial charge >= 0.3 is 5.97 Å². The van der Waals surface area contributed by atoms with Gasteiger partial charge in [0.05, 0.1) is 12.1 Å². The highest BCUT2D eigenvalue weighted by molar-refractivity contribution is 5.92. The molecule has 138 valence electrons. The first kappa shape index (κ1) is 19.2. The zero-order chi connectivity index (χ0) is 18.9. The van der Waals surface area contributed by atoms with Gasteiger partial charge in [-0.15, -0.1) is 0 Å². The summed E-state index contributed by atoms with van der Waals surface area (Å²) in [7, 11) is 0. The molecule has 0 aliphatic heterocycles. The van der Waals surface area contributed by atoms with Crippen LogP contribution in [0.4, 0.5) is 0 Å². The number of amides is 2. The largest absolute Gasteiger partial charge is 0.452 e. The quantitative estimate of drug-likeness (QED) is 0.728. The number of aromatic nitrogens is 1. The van der Waals surface area contributed by atoms with Crippen molar-refractivity contribution in [1.29, 1.82) is 0 Å². The number of benzene rings is 1. The van der Waals surface area contributed by atoms with Crippen LogP contribution in [0.1, 0.15) is 24.2 Å². The van der Waals surface area contributed by atoms with Gasteiger partial charge in [-0.25, -0.2) is 4.79 Å². The summed E-state index contributed by atoms with van der Waals surface area (Å²) in [5, 5.41) is 2.63. The highest BCUT2D eigenvalue weighted by Crippen LogP contribution is 2.11. The Morgan fingerprint density at radius 1 is 1.08 bits per heavy atom. The number of carbonyl (C=O) groups excluding carboxylic acids is 3. The van der Waals surface area contributed by atoms with Crippen LogP contribution in [-0.4, -0.2) is 53.5 Å². The van der Waals surface area contributed by atoms with Crippen LogP contribution in [0.25, 0.3) is 5.69 Å². The average Bonchev–Trinajstić information content (AvgIpc) is 3.19. The van der Waals surface area contributed by atoms with Gasteiger partial charge < -0.3 is 19.5 Å². The van der Waals surface area contributed by atoms with Gasteiger partial charge in [-0.2, -0.15) is 0 Å². The van der Waals surface area contributed by atoms with Crippen molar-refractivity contribution in [2.75, 3.05) is 26.2 Å². The predicted molar refractivity (Wildman–Crippen MR) is 97.0 cm³/mol. The Labute approximate surface area is 152 Å². The lowest BCUT2D eigenvalue weighted by atomic mass is 10.2. The third kappa shape index (κ3) is 5.20. The second kappa shape index (κ2) is 9.41. The fourth-order valence-electron chi connectivity index (χ4n) is 2.38. The van der Waals surface area contributed by atoms with E-state index >= 15 is 0 Å². The van der Waals surface area contributed by atoms with Gasteiger partial charge in [0.25, 0.3) is 5.91 Å². The Morgan fingerprint density at radius 2 is 1.73 bits per heavy atom. The second-order valence-corrected chi connectivity index (χ2v) is 5.57. The molecule has 1 heterocycles. The number of hydrogen-bond acceptors (Lipinski definition) is 4. The van der Waals surface area contributed by atoms with E-state index in [1.54, 1.807) is 38.1 Å². The molecule has 2 aromatic rings. The van der Waals surface area contributed by atoms with Gasteiger partial charge in [0, 0.05) is 31.2 Å². The highest BCUT2D eigenvalue weighted by Gasteiger charge is 2.17. The van der Waals surface area contributed by atoms with Gasteiger partial charge in [-0.05, 0) is 50.2 Å². The van der Waals surface area contributed by atoms with E-state index in [9.17, 15) is 14.4 Å². The van der Waals surface area contributed by atoms with Crippen molar-refractivity contribution in [1.82, 2.24) is 14.8 Å². The lowest BCUT2D eigenvalue weighted by Crippen LogP contribution is -2.42. The summed E-state index contributed by atoms with van der Waals surface area (Å²) in [5.41, 5.74) is 1.28. The number of nitrogens with one attached hydrogen (secondary N) is 1. The van der Waals surface area contributed by atoms with E-state index in [-0.39, 0.29) is 12.5 Å². The molecular formula is C19H23N3O4. The minimum atomic E-state index is -0.577. The number of likely N-dealkylation sites (N-methyl/N-ethyl adjacent to an activating group) is 2. The van der Waals surface area contributed by atoms with Gasteiger partial charge in [0.1, 0.15) is 0 Å². The van der Waals surface area contributed by atoms with Crippen molar-refractivity contribution < 1.29 is 19.1 Å². The number of esters is 1. The first-order chi connectivity index (χ1) is 12.5. The van der Waals surface area contributed by atoms with Crippen LogP contribution >= 0.6 is 0 Å². The summed E-state index contributed by atoms with van der Waals surface area (Å²) in [6, 6.07) is 10.7. The molecule has 1 aromatic carbocycles. The van der Waals surface area contributed by atoms with Gasteiger partial charge in [-0.1, -0.05) is 0 Å². The first-order valence-electron chi connectivity index (χ1n) is 8.50. The summed E-state index contributed by atoms with van der Waals surface area (Å²) < 4.78 is 6.99. The van der Waals surface area contributed by atoms with Crippen LogP contribution in [-0.2, 0) is 14.3 Å². The molecular weight excluding hydrogens is 334 g/mol. The molecule has 0 atom stereocenters. The molecule has 0 aliphatic rings. The standard InChI is InChI=1S/C19H23N3O4/c1-3-20-17(23)13-21(4-2)18(24)14-26-19(25)15-7-9-16(10-8-15)22-11-5-6-12-22/h5-12H,3-4,13-14H2,1-2H3,(H,20,23). The number of carbonyl (C=O) groups is 3. The van der Waals surface area contributed by atoms with Crippen molar-refractivity contribution in [3.8, 4) is 5.69 Å². The molecule has 0 radical (unpaired) electrons. The average molecular weight is 357 g/mol. The van der Waals surface area contributed by atoms with Crippen LogP contribution in [0.2, 0.25) is 0 Å². The summed E-state index contributed by atoms with van der Waals surface area (Å²) >= 11 is 0. The third-order valence-electron chi connectivity index (χ3n) is 3.78. The lowest BCUT2D eigenvalue weighted by Gasteiger charge is -2.20. The molecule has 26 heavy (non-hydrogen) atoms.